The van der Waals surface area contributed by atoms with Gasteiger partial charge in [-0.2, -0.15) is 0 Å². The molecule has 0 aliphatic carbocycles. The molecule has 5 heteroatoms. The Balaban J connectivity index is 2.00. The second-order valence-electron chi connectivity index (χ2n) is 5.36. The molecule has 0 heterocycles. The minimum absolute atomic E-state index is 0.134. The largest absolute Gasteiger partial charge is 0.504 e. The zero-order valence-corrected chi connectivity index (χ0v) is 14.0. The SMILES string of the molecule is CCOc1cccc(CNC(C)C(O)c2ccc(Cl)cc2)c1O. The van der Waals surface area contributed by atoms with Gasteiger partial charge >= 0.3 is 0 Å². The van der Waals surface area contributed by atoms with Gasteiger partial charge in [-0.25, -0.2) is 0 Å². The first-order valence-electron chi connectivity index (χ1n) is 7.63. The Morgan fingerprint density at radius 1 is 1.17 bits per heavy atom. The lowest BCUT2D eigenvalue weighted by molar-refractivity contribution is 0.135. The van der Waals surface area contributed by atoms with Gasteiger partial charge in [0.15, 0.2) is 11.5 Å². The quantitative estimate of drug-likeness (QED) is 0.722. The van der Waals surface area contributed by atoms with E-state index in [1.807, 2.05) is 26.0 Å². The number of rotatable bonds is 7. The molecule has 3 N–H and O–H groups in total. The summed E-state index contributed by atoms with van der Waals surface area (Å²) in [5, 5.41) is 24.4. The van der Waals surface area contributed by atoms with Crippen molar-refractivity contribution in [3.63, 3.8) is 0 Å². The normalized spacial score (nSPS) is 13.6. The van der Waals surface area contributed by atoms with Crippen LogP contribution in [0.25, 0.3) is 0 Å². The predicted molar refractivity (Wildman–Crippen MR) is 92.0 cm³/mol. The number of para-hydroxylation sites is 1. The summed E-state index contributed by atoms with van der Waals surface area (Å²) in [6, 6.07) is 12.3. The van der Waals surface area contributed by atoms with Crippen molar-refractivity contribution in [1.82, 2.24) is 5.32 Å². The fourth-order valence-corrected chi connectivity index (χ4v) is 2.44. The molecular weight excluding hydrogens is 314 g/mol. The van der Waals surface area contributed by atoms with Gasteiger partial charge in [0.2, 0.25) is 0 Å². The maximum absolute atomic E-state index is 10.4. The number of aliphatic hydroxyl groups is 1. The van der Waals surface area contributed by atoms with E-state index in [-0.39, 0.29) is 11.8 Å². The first-order valence-corrected chi connectivity index (χ1v) is 8.01. The van der Waals surface area contributed by atoms with Gasteiger partial charge in [0.1, 0.15) is 0 Å². The van der Waals surface area contributed by atoms with Gasteiger partial charge < -0.3 is 20.3 Å². The van der Waals surface area contributed by atoms with Gasteiger partial charge in [-0.05, 0) is 37.6 Å². The second kappa shape index (κ2) is 8.20. The first-order chi connectivity index (χ1) is 11.0. The minimum atomic E-state index is -0.663. The van der Waals surface area contributed by atoms with E-state index in [1.165, 1.54) is 0 Å². The summed E-state index contributed by atoms with van der Waals surface area (Å²) >= 11 is 5.86. The third-order valence-corrected chi connectivity index (χ3v) is 3.93. The Hall–Kier alpha value is -1.75. The first kappa shape index (κ1) is 17.6. The van der Waals surface area contributed by atoms with E-state index in [1.54, 1.807) is 30.3 Å². The van der Waals surface area contributed by atoms with Gasteiger partial charge in [-0.1, -0.05) is 35.9 Å². The standard InChI is InChI=1S/C18H22ClNO3/c1-3-23-16-6-4-5-14(18(16)22)11-20-12(2)17(21)13-7-9-15(19)10-8-13/h4-10,12,17,20-22H,3,11H2,1-2H3. The fourth-order valence-electron chi connectivity index (χ4n) is 2.31. The van der Waals surface area contributed by atoms with Crippen molar-refractivity contribution in [2.24, 2.45) is 0 Å². The van der Waals surface area contributed by atoms with Crippen LogP contribution in [0.3, 0.4) is 0 Å². The van der Waals surface area contributed by atoms with Crippen LogP contribution in [-0.4, -0.2) is 22.9 Å². The molecule has 0 fully saturated rings. The Morgan fingerprint density at radius 2 is 1.87 bits per heavy atom. The number of hydrogen-bond donors (Lipinski definition) is 3. The van der Waals surface area contributed by atoms with Crippen molar-refractivity contribution >= 4 is 11.6 Å². The lowest BCUT2D eigenvalue weighted by Gasteiger charge is -2.21. The Morgan fingerprint density at radius 3 is 2.52 bits per heavy atom. The molecule has 0 saturated heterocycles. The number of nitrogens with one attached hydrogen (secondary N) is 1. The van der Waals surface area contributed by atoms with Crippen molar-refractivity contribution in [1.29, 1.82) is 0 Å². The van der Waals surface area contributed by atoms with Crippen molar-refractivity contribution in [3.05, 3.63) is 58.6 Å². The lowest BCUT2D eigenvalue weighted by atomic mass is 10.0. The van der Waals surface area contributed by atoms with Crippen molar-refractivity contribution in [3.8, 4) is 11.5 Å². The monoisotopic (exact) mass is 335 g/mol. The number of hydrogen-bond acceptors (Lipinski definition) is 4. The zero-order chi connectivity index (χ0) is 16.8. The molecule has 2 rings (SSSR count). The Kier molecular flexibility index (Phi) is 6.28. The summed E-state index contributed by atoms with van der Waals surface area (Å²) in [6.07, 6.45) is -0.663. The molecule has 2 aromatic rings. The molecule has 4 nitrogen and oxygen atoms in total. The van der Waals surface area contributed by atoms with Crippen LogP contribution in [0.1, 0.15) is 31.1 Å². The van der Waals surface area contributed by atoms with Crippen molar-refractivity contribution in [2.45, 2.75) is 32.5 Å². The van der Waals surface area contributed by atoms with Crippen LogP contribution in [0.15, 0.2) is 42.5 Å². The van der Waals surface area contributed by atoms with Gasteiger partial charge in [0, 0.05) is 23.2 Å². The molecule has 124 valence electrons. The van der Waals surface area contributed by atoms with E-state index in [4.69, 9.17) is 16.3 Å². The summed E-state index contributed by atoms with van der Waals surface area (Å²) in [5.41, 5.74) is 1.52. The highest BCUT2D eigenvalue weighted by molar-refractivity contribution is 6.30. The highest BCUT2D eigenvalue weighted by Gasteiger charge is 2.17. The topological polar surface area (TPSA) is 61.7 Å². The van der Waals surface area contributed by atoms with Gasteiger partial charge in [-0.3, -0.25) is 0 Å². The highest BCUT2D eigenvalue weighted by atomic mass is 35.5. The van der Waals surface area contributed by atoms with Crippen LogP contribution in [0.4, 0.5) is 0 Å². The summed E-state index contributed by atoms with van der Waals surface area (Å²) < 4.78 is 5.37. The predicted octanol–water partition coefficient (Wildman–Crippen LogP) is 3.66. The molecule has 0 spiro atoms. The molecule has 0 aliphatic rings. The molecule has 2 unspecified atom stereocenters. The third kappa shape index (κ3) is 4.61. The Labute approximate surface area is 141 Å². The maximum Gasteiger partial charge on any atom is 0.162 e. The molecule has 23 heavy (non-hydrogen) atoms. The molecule has 2 atom stereocenters. The molecule has 0 amide bonds. The lowest BCUT2D eigenvalue weighted by Crippen LogP contribution is -2.31. The zero-order valence-electron chi connectivity index (χ0n) is 13.3. The number of phenols is 1. The number of aliphatic hydroxyl groups excluding tert-OH is 1. The molecule has 0 saturated carbocycles. The van der Waals surface area contributed by atoms with E-state index < -0.39 is 6.10 Å². The van der Waals surface area contributed by atoms with Gasteiger partial charge in [-0.15, -0.1) is 0 Å². The van der Waals surface area contributed by atoms with Crippen LogP contribution in [-0.2, 0) is 6.54 Å². The van der Waals surface area contributed by atoms with Crippen LogP contribution in [0.2, 0.25) is 5.02 Å². The van der Waals surface area contributed by atoms with E-state index >= 15 is 0 Å². The van der Waals surface area contributed by atoms with E-state index in [0.29, 0.717) is 23.9 Å². The summed E-state index contributed by atoms with van der Waals surface area (Å²) in [6.45, 7) is 4.69. The minimum Gasteiger partial charge on any atom is -0.504 e. The molecule has 0 bridgehead atoms. The van der Waals surface area contributed by atoms with Crippen LogP contribution < -0.4 is 10.1 Å². The number of benzene rings is 2. The van der Waals surface area contributed by atoms with Crippen LogP contribution in [0.5, 0.6) is 11.5 Å². The summed E-state index contributed by atoms with van der Waals surface area (Å²) in [4.78, 5) is 0. The highest BCUT2D eigenvalue weighted by Crippen LogP contribution is 2.30. The number of phenolic OH excluding ortho intramolecular Hbond substituents is 1. The summed E-state index contributed by atoms with van der Waals surface area (Å²) in [7, 11) is 0. The summed E-state index contributed by atoms with van der Waals surface area (Å²) in [5.74, 6) is 0.604. The Bertz CT molecular complexity index is 631. The number of halogens is 1. The molecular formula is C18H22ClNO3. The second-order valence-corrected chi connectivity index (χ2v) is 5.80. The van der Waals surface area contributed by atoms with Crippen molar-refractivity contribution < 1.29 is 14.9 Å². The van der Waals surface area contributed by atoms with E-state index in [9.17, 15) is 10.2 Å². The maximum atomic E-state index is 10.4. The molecule has 2 aromatic carbocycles. The average Bonchev–Trinajstić information content (AvgIpc) is 2.55. The fraction of sp³-hybridized carbons (Fsp3) is 0.333. The van der Waals surface area contributed by atoms with E-state index in [2.05, 4.69) is 5.32 Å². The van der Waals surface area contributed by atoms with Gasteiger partial charge in [0.05, 0.1) is 12.7 Å². The number of aromatic hydroxyl groups is 1. The number of ether oxygens (including phenoxy) is 1. The molecule has 0 radical (unpaired) electrons. The van der Waals surface area contributed by atoms with E-state index in [0.717, 1.165) is 11.1 Å². The van der Waals surface area contributed by atoms with Crippen molar-refractivity contribution in [2.75, 3.05) is 6.61 Å². The smallest absolute Gasteiger partial charge is 0.162 e. The average molecular weight is 336 g/mol. The third-order valence-electron chi connectivity index (χ3n) is 3.68. The molecule has 0 aliphatic heterocycles. The van der Waals surface area contributed by atoms with Gasteiger partial charge in [0.25, 0.3) is 0 Å². The molecule has 0 aromatic heterocycles. The van der Waals surface area contributed by atoms with Crippen LogP contribution >= 0.6 is 11.6 Å². The van der Waals surface area contributed by atoms with Crippen LogP contribution in [0, 0.1) is 0 Å².